The van der Waals surface area contributed by atoms with Gasteiger partial charge in [-0.1, -0.05) is 18.6 Å². The Kier molecular flexibility index (Phi) is 6.23. The van der Waals surface area contributed by atoms with E-state index in [2.05, 4.69) is 10.0 Å². The summed E-state index contributed by atoms with van der Waals surface area (Å²) in [6.45, 7) is 1.92. The largest absolute Gasteiger partial charge is 0.326 e. The third-order valence-corrected chi connectivity index (χ3v) is 9.24. The van der Waals surface area contributed by atoms with Gasteiger partial charge in [-0.3, -0.25) is 19.3 Å². The lowest BCUT2D eigenvalue weighted by atomic mass is 9.84. The predicted octanol–water partition coefficient (Wildman–Crippen LogP) is 3.41. The minimum Gasteiger partial charge on any atom is -0.326 e. The summed E-state index contributed by atoms with van der Waals surface area (Å²) >= 11 is 0. The van der Waals surface area contributed by atoms with Crippen LogP contribution in [-0.2, 0) is 14.8 Å². The summed E-state index contributed by atoms with van der Waals surface area (Å²) in [6, 6.07) is 12.5. The van der Waals surface area contributed by atoms with E-state index in [9.17, 15) is 22.8 Å². The summed E-state index contributed by atoms with van der Waals surface area (Å²) < 4.78 is 28.6. The first-order valence-electron chi connectivity index (χ1n) is 12.1. The topological polar surface area (TPSA) is 113 Å². The van der Waals surface area contributed by atoms with E-state index in [-0.39, 0.29) is 29.8 Å². The van der Waals surface area contributed by atoms with E-state index in [0.29, 0.717) is 28.7 Å². The van der Waals surface area contributed by atoms with Crippen LogP contribution in [0, 0.1) is 17.8 Å². The molecule has 8 nitrogen and oxygen atoms in total. The fraction of sp³-hybridized carbons (Fsp3) is 0.423. The number of carbonyl (C=O) groups is 3. The van der Waals surface area contributed by atoms with Crippen molar-refractivity contribution in [2.45, 2.75) is 50.0 Å². The van der Waals surface area contributed by atoms with E-state index in [1.807, 2.05) is 6.92 Å². The van der Waals surface area contributed by atoms with Crippen molar-refractivity contribution in [1.82, 2.24) is 9.62 Å². The molecule has 2 bridgehead atoms. The Labute approximate surface area is 205 Å². The Balaban J connectivity index is 1.14. The first kappa shape index (κ1) is 23.7. The molecule has 2 saturated carbocycles. The Morgan fingerprint density at radius 2 is 1.66 bits per heavy atom. The van der Waals surface area contributed by atoms with Crippen LogP contribution in [0.15, 0.2) is 53.4 Å². The van der Waals surface area contributed by atoms with Crippen molar-refractivity contribution in [2.75, 3.05) is 11.9 Å². The number of hydrogen-bond acceptors (Lipinski definition) is 5. The van der Waals surface area contributed by atoms with Crippen molar-refractivity contribution < 1.29 is 22.8 Å². The minimum absolute atomic E-state index is 0.0323. The molecule has 1 heterocycles. The molecule has 0 aromatic heterocycles. The molecule has 2 N–H and O–H groups in total. The standard InChI is InChI=1S/C26H29N3O5S/c1-16(23-15-17-6-7-18(23)14-17)28-35(33,34)20-10-8-19(9-11-20)27-24(30)12-13-29-25(31)21-4-2-3-5-22(21)26(29)32/h2-5,8-11,16-18,23,28H,6-7,12-15H2,1H3,(H,27,30)/t16-,17-,18-,23-/m0/s1. The van der Waals surface area contributed by atoms with Gasteiger partial charge in [0.1, 0.15) is 0 Å². The molecular formula is C26H29N3O5S. The van der Waals surface area contributed by atoms with Gasteiger partial charge in [0, 0.05) is 24.7 Å². The molecule has 0 unspecified atom stereocenters. The molecule has 35 heavy (non-hydrogen) atoms. The highest BCUT2D eigenvalue weighted by Crippen LogP contribution is 2.49. The molecule has 0 spiro atoms. The fourth-order valence-corrected chi connectivity index (χ4v) is 7.20. The Hall–Kier alpha value is -3.04. The number of nitrogens with one attached hydrogen (secondary N) is 2. The number of carbonyl (C=O) groups excluding carboxylic acids is 3. The molecule has 0 radical (unpaired) electrons. The van der Waals surface area contributed by atoms with Gasteiger partial charge in [-0.15, -0.1) is 0 Å². The summed E-state index contributed by atoms with van der Waals surface area (Å²) in [7, 11) is -3.66. The number of benzene rings is 2. The highest BCUT2D eigenvalue weighted by Gasteiger charge is 2.42. The van der Waals surface area contributed by atoms with Crippen LogP contribution in [0.4, 0.5) is 5.69 Å². The molecule has 4 atom stereocenters. The Morgan fingerprint density at radius 1 is 1.00 bits per heavy atom. The number of anilines is 1. The molecule has 3 aliphatic rings. The molecule has 9 heteroatoms. The lowest BCUT2D eigenvalue weighted by molar-refractivity contribution is -0.116. The number of fused-ring (bicyclic) bond motifs is 3. The number of imide groups is 1. The highest BCUT2D eigenvalue weighted by molar-refractivity contribution is 7.89. The average molecular weight is 496 g/mol. The summed E-state index contributed by atoms with van der Waals surface area (Å²) in [5.74, 6) is 0.581. The minimum atomic E-state index is -3.66. The van der Waals surface area contributed by atoms with Crippen molar-refractivity contribution in [1.29, 1.82) is 0 Å². The van der Waals surface area contributed by atoms with Crippen LogP contribution in [0.25, 0.3) is 0 Å². The van der Waals surface area contributed by atoms with Gasteiger partial charge in [-0.25, -0.2) is 13.1 Å². The van der Waals surface area contributed by atoms with Crippen LogP contribution in [0.1, 0.15) is 59.7 Å². The highest BCUT2D eigenvalue weighted by atomic mass is 32.2. The van der Waals surface area contributed by atoms with Gasteiger partial charge in [0.2, 0.25) is 15.9 Å². The number of amides is 3. The summed E-state index contributed by atoms with van der Waals surface area (Å²) in [5.41, 5.74) is 1.13. The van der Waals surface area contributed by atoms with Gasteiger partial charge in [0.15, 0.2) is 0 Å². The first-order chi connectivity index (χ1) is 16.7. The van der Waals surface area contributed by atoms with Crippen LogP contribution in [0.3, 0.4) is 0 Å². The second kappa shape index (κ2) is 9.20. The van der Waals surface area contributed by atoms with Crippen molar-refractivity contribution >= 4 is 33.4 Å². The molecule has 2 aliphatic carbocycles. The Bertz CT molecular complexity index is 1240. The number of hydrogen-bond donors (Lipinski definition) is 2. The summed E-state index contributed by atoms with van der Waals surface area (Å²) in [4.78, 5) is 38.5. The molecular weight excluding hydrogens is 466 g/mol. The smallest absolute Gasteiger partial charge is 0.261 e. The molecule has 184 valence electrons. The van der Waals surface area contributed by atoms with Gasteiger partial charge < -0.3 is 5.32 Å². The van der Waals surface area contributed by atoms with E-state index >= 15 is 0 Å². The van der Waals surface area contributed by atoms with Crippen molar-refractivity contribution in [3.63, 3.8) is 0 Å². The van der Waals surface area contributed by atoms with Crippen LogP contribution < -0.4 is 10.0 Å². The quantitative estimate of drug-likeness (QED) is 0.545. The third-order valence-electron chi connectivity index (χ3n) is 7.67. The van der Waals surface area contributed by atoms with Crippen molar-refractivity contribution in [3.8, 4) is 0 Å². The monoisotopic (exact) mass is 495 g/mol. The van der Waals surface area contributed by atoms with Gasteiger partial charge >= 0.3 is 0 Å². The molecule has 3 amide bonds. The zero-order valence-corrected chi connectivity index (χ0v) is 20.4. The lowest BCUT2D eigenvalue weighted by Gasteiger charge is -2.28. The summed E-state index contributed by atoms with van der Waals surface area (Å²) in [6.07, 6.45) is 4.72. The second-order valence-corrected chi connectivity index (χ2v) is 11.6. The van der Waals surface area contributed by atoms with Crippen molar-refractivity contribution in [3.05, 3.63) is 59.7 Å². The van der Waals surface area contributed by atoms with E-state index in [1.165, 1.54) is 43.5 Å². The number of rotatable bonds is 8. The van der Waals surface area contributed by atoms with Crippen molar-refractivity contribution in [2.24, 2.45) is 17.8 Å². The fourth-order valence-electron chi connectivity index (χ4n) is 5.90. The van der Waals surface area contributed by atoms with E-state index in [1.54, 1.807) is 24.3 Å². The van der Waals surface area contributed by atoms with Gasteiger partial charge in [0.25, 0.3) is 11.8 Å². The molecule has 0 saturated heterocycles. The lowest BCUT2D eigenvalue weighted by Crippen LogP contribution is -2.40. The molecule has 2 aromatic rings. The third kappa shape index (κ3) is 4.62. The van der Waals surface area contributed by atoms with Gasteiger partial charge in [-0.2, -0.15) is 0 Å². The molecule has 2 fully saturated rings. The van der Waals surface area contributed by atoms with E-state index < -0.39 is 21.8 Å². The number of sulfonamides is 1. The maximum Gasteiger partial charge on any atom is 0.261 e. The van der Waals surface area contributed by atoms with Gasteiger partial charge in [-0.05, 0) is 80.3 Å². The molecule has 5 rings (SSSR count). The average Bonchev–Trinajstić information content (AvgIpc) is 3.53. The zero-order valence-electron chi connectivity index (χ0n) is 19.6. The zero-order chi connectivity index (χ0) is 24.7. The van der Waals surface area contributed by atoms with Crippen LogP contribution in [-0.4, -0.2) is 43.6 Å². The van der Waals surface area contributed by atoms with Gasteiger partial charge in [0.05, 0.1) is 16.0 Å². The first-order valence-corrected chi connectivity index (χ1v) is 13.6. The van der Waals surface area contributed by atoms with E-state index in [4.69, 9.17) is 0 Å². The normalized spacial score (nSPS) is 24.0. The molecule has 1 aliphatic heterocycles. The second-order valence-electron chi connectivity index (χ2n) is 9.88. The van der Waals surface area contributed by atoms with Crippen LogP contribution >= 0.6 is 0 Å². The van der Waals surface area contributed by atoms with Crippen LogP contribution in [0.2, 0.25) is 0 Å². The maximum absolute atomic E-state index is 12.9. The Morgan fingerprint density at radius 3 is 2.23 bits per heavy atom. The summed E-state index contributed by atoms with van der Waals surface area (Å²) in [5, 5.41) is 2.70. The SMILES string of the molecule is C[C@H](NS(=O)(=O)c1ccc(NC(=O)CCN2C(=O)c3ccccc3C2=O)cc1)[C@@H]1C[C@H]2CC[C@H]1C2. The molecule has 2 aromatic carbocycles. The van der Waals surface area contributed by atoms with E-state index in [0.717, 1.165) is 17.2 Å². The maximum atomic E-state index is 12.9. The van der Waals surface area contributed by atoms with Crippen LogP contribution in [0.5, 0.6) is 0 Å². The number of nitrogens with zero attached hydrogens (tertiary/aromatic N) is 1. The predicted molar refractivity (Wildman–Crippen MR) is 130 cm³/mol.